The highest BCUT2D eigenvalue weighted by Crippen LogP contribution is 2.28. The molecule has 1 saturated heterocycles. The fourth-order valence-electron chi connectivity index (χ4n) is 4.54. The van der Waals surface area contributed by atoms with Gasteiger partial charge >= 0.3 is 0 Å². The average molecular weight is 535 g/mol. The molecule has 0 N–H and O–H groups in total. The molecule has 38 heavy (non-hydrogen) atoms. The van der Waals surface area contributed by atoms with Crippen LogP contribution < -0.4 is 14.3 Å². The van der Waals surface area contributed by atoms with E-state index in [1.807, 2.05) is 39.8 Å². The van der Waals surface area contributed by atoms with Crippen molar-refractivity contribution in [2.24, 2.45) is 4.99 Å². The third-order valence-electron chi connectivity index (χ3n) is 6.71. The highest BCUT2D eigenvalue weighted by atomic mass is 32.1. The maximum Gasteiger partial charge on any atom is 0.289 e. The maximum atomic E-state index is 13.1. The van der Waals surface area contributed by atoms with Gasteiger partial charge in [0.25, 0.3) is 11.8 Å². The van der Waals surface area contributed by atoms with Gasteiger partial charge in [-0.3, -0.25) is 9.59 Å². The lowest BCUT2D eigenvalue weighted by Gasteiger charge is -2.33. The van der Waals surface area contributed by atoms with Crippen molar-refractivity contribution in [2.75, 3.05) is 46.9 Å². The van der Waals surface area contributed by atoms with Crippen molar-refractivity contribution in [3.05, 3.63) is 76.5 Å². The van der Waals surface area contributed by atoms with Crippen molar-refractivity contribution in [1.82, 2.24) is 14.4 Å². The molecule has 0 unspecified atom stereocenters. The second-order valence-electron chi connectivity index (χ2n) is 8.92. The quantitative estimate of drug-likeness (QED) is 0.358. The number of furan rings is 1. The van der Waals surface area contributed by atoms with Gasteiger partial charge in [0.2, 0.25) is 0 Å². The number of methoxy groups -OCH3 is 2. The number of carbonyl (C=O) groups excluding carboxylic acids is 2. The molecule has 0 radical (unpaired) electrons. The Morgan fingerprint density at radius 3 is 2.47 bits per heavy atom. The molecule has 5 rings (SSSR count). The molecule has 2 aromatic heterocycles. The Labute approximate surface area is 224 Å². The largest absolute Gasteiger partial charge is 0.493 e. The summed E-state index contributed by atoms with van der Waals surface area (Å²) in [7, 11) is 3.07. The molecule has 1 aliphatic heterocycles. The van der Waals surface area contributed by atoms with Crippen LogP contribution in [0, 0.1) is 0 Å². The first-order valence-electron chi connectivity index (χ1n) is 12.5. The van der Waals surface area contributed by atoms with Crippen LogP contribution >= 0.6 is 11.3 Å². The Hall–Kier alpha value is -3.89. The van der Waals surface area contributed by atoms with Crippen molar-refractivity contribution in [1.29, 1.82) is 0 Å². The van der Waals surface area contributed by atoms with Gasteiger partial charge in [0.15, 0.2) is 22.1 Å². The molecule has 0 spiro atoms. The molecule has 0 atom stereocenters. The van der Waals surface area contributed by atoms with Gasteiger partial charge < -0.3 is 28.3 Å². The molecule has 1 aliphatic rings. The monoisotopic (exact) mass is 534 g/mol. The molecule has 10 heteroatoms. The number of piperazine rings is 1. The number of hydrogen-bond acceptors (Lipinski definition) is 7. The molecule has 3 heterocycles. The van der Waals surface area contributed by atoms with Crippen LogP contribution in [0.3, 0.4) is 0 Å². The van der Waals surface area contributed by atoms with Crippen molar-refractivity contribution in [2.45, 2.75) is 13.5 Å². The number of para-hydroxylation sites is 1. The molecule has 0 aliphatic carbocycles. The first-order chi connectivity index (χ1) is 18.5. The van der Waals surface area contributed by atoms with Crippen LogP contribution in [0.15, 0.2) is 64.0 Å². The zero-order chi connectivity index (χ0) is 26.6. The van der Waals surface area contributed by atoms with Crippen LogP contribution in [0.1, 0.15) is 33.6 Å². The summed E-state index contributed by atoms with van der Waals surface area (Å²) in [6.07, 6.45) is 0. The van der Waals surface area contributed by atoms with Crippen LogP contribution in [-0.2, 0) is 6.54 Å². The van der Waals surface area contributed by atoms with Crippen LogP contribution in [0.5, 0.6) is 11.5 Å². The van der Waals surface area contributed by atoms with E-state index in [9.17, 15) is 9.59 Å². The number of benzene rings is 2. The predicted octanol–water partition coefficient (Wildman–Crippen LogP) is 3.88. The summed E-state index contributed by atoms with van der Waals surface area (Å²) in [6, 6.07) is 16.4. The molecular weight excluding hydrogens is 504 g/mol. The molecule has 0 saturated carbocycles. The summed E-state index contributed by atoms with van der Waals surface area (Å²) in [4.78, 5) is 35.3. The highest BCUT2D eigenvalue weighted by molar-refractivity contribution is 7.16. The van der Waals surface area contributed by atoms with E-state index in [0.717, 1.165) is 29.9 Å². The van der Waals surface area contributed by atoms with Crippen molar-refractivity contribution in [3.8, 4) is 11.5 Å². The summed E-state index contributed by atoms with van der Waals surface area (Å²) in [5.41, 5.74) is 1.32. The normalized spacial score (nSPS) is 14.7. The number of amides is 2. The average Bonchev–Trinajstić information content (AvgIpc) is 3.57. The summed E-state index contributed by atoms with van der Waals surface area (Å²) >= 11 is 1.42. The van der Waals surface area contributed by atoms with E-state index in [4.69, 9.17) is 13.9 Å². The molecule has 4 aromatic rings. The van der Waals surface area contributed by atoms with Crippen molar-refractivity contribution >= 4 is 33.4 Å². The lowest BCUT2D eigenvalue weighted by molar-refractivity contribution is 0.0610. The Bertz CT molecular complexity index is 1530. The van der Waals surface area contributed by atoms with E-state index in [2.05, 4.69) is 16.8 Å². The van der Waals surface area contributed by atoms with E-state index >= 15 is 0 Å². The molecule has 9 nitrogen and oxygen atoms in total. The molecule has 1 fully saturated rings. The number of ether oxygens (including phenoxy) is 2. The Morgan fingerprint density at radius 1 is 0.974 bits per heavy atom. The molecule has 198 valence electrons. The van der Waals surface area contributed by atoms with Gasteiger partial charge in [-0.05, 0) is 49.0 Å². The van der Waals surface area contributed by atoms with E-state index < -0.39 is 5.91 Å². The third-order valence-corrected chi connectivity index (χ3v) is 7.77. The first kappa shape index (κ1) is 25.7. The number of nitrogens with zero attached hydrogens (tertiary/aromatic N) is 4. The number of hydrogen-bond donors (Lipinski definition) is 0. The predicted molar refractivity (Wildman–Crippen MR) is 145 cm³/mol. The number of fused-ring (bicyclic) bond motifs is 1. The number of thiazole rings is 1. The Balaban J connectivity index is 1.43. The van der Waals surface area contributed by atoms with Gasteiger partial charge in [0.1, 0.15) is 5.76 Å². The minimum Gasteiger partial charge on any atom is -0.493 e. The van der Waals surface area contributed by atoms with Gasteiger partial charge in [0, 0.05) is 31.7 Å². The van der Waals surface area contributed by atoms with Crippen LogP contribution in [0.25, 0.3) is 10.2 Å². The fourth-order valence-corrected chi connectivity index (χ4v) is 5.56. The second-order valence-corrected chi connectivity index (χ2v) is 9.93. The zero-order valence-electron chi connectivity index (χ0n) is 21.7. The number of likely N-dealkylation sites (N-methyl/N-ethyl adjacent to an activating group) is 1. The maximum absolute atomic E-state index is 13.1. The van der Waals surface area contributed by atoms with E-state index in [1.165, 1.54) is 18.4 Å². The van der Waals surface area contributed by atoms with Gasteiger partial charge in [-0.2, -0.15) is 4.99 Å². The van der Waals surface area contributed by atoms with Crippen LogP contribution in [0.2, 0.25) is 0 Å². The molecular formula is C28H30N4O5S. The smallest absolute Gasteiger partial charge is 0.289 e. The Kier molecular flexibility index (Phi) is 7.62. The fraction of sp³-hybridized carbons (Fsp3) is 0.321. The summed E-state index contributed by atoms with van der Waals surface area (Å²) < 4.78 is 19.5. The number of rotatable bonds is 7. The second kappa shape index (κ2) is 11.2. The van der Waals surface area contributed by atoms with Gasteiger partial charge in [-0.25, -0.2) is 0 Å². The van der Waals surface area contributed by atoms with Gasteiger partial charge in [-0.1, -0.05) is 30.4 Å². The minimum absolute atomic E-state index is 0.0966. The summed E-state index contributed by atoms with van der Waals surface area (Å²) in [5, 5.41) is 0. The molecule has 2 aromatic carbocycles. The number of aromatic nitrogens is 1. The van der Waals surface area contributed by atoms with Crippen molar-refractivity contribution < 1.29 is 23.5 Å². The van der Waals surface area contributed by atoms with E-state index in [0.29, 0.717) is 53.0 Å². The lowest BCUT2D eigenvalue weighted by Crippen LogP contribution is -2.48. The molecule has 0 bridgehead atoms. The summed E-state index contributed by atoms with van der Waals surface area (Å²) in [6.45, 7) is 6.56. The third kappa shape index (κ3) is 5.23. The minimum atomic E-state index is -0.396. The highest BCUT2D eigenvalue weighted by Gasteiger charge is 2.24. The lowest BCUT2D eigenvalue weighted by atomic mass is 10.2. The van der Waals surface area contributed by atoms with Gasteiger partial charge in [-0.15, -0.1) is 0 Å². The topological polar surface area (TPSA) is 89.5 Å². The van der Waals surface area contributed by atoms with Gasteiger partial charge in [0.05, 0.1) is 31.0 Å². The first-order valence-corrected chi connectivity index (χ1v) is 13.3. The number of carbonyl (C=O) groups is 2. The molecule has 2 amide bonds. The van der Waals surface area contributed by atoms with Crippen LogP contribution in [0.4, 0.5) is 0 Å². The van der Waals surface area contributed by atoms with Crippen molar-refractivity contribution in [3.63, 3.8) is 0 Å². The van der Waals surface area contributed by atoms with Crippen LogP contribution in [-0.4, -0.2) is 73.1 Å². The zero-order valence-corrected chi connectivity index (χ0v) is 22.5. The SMILES string of the molecule is CCN1CCN(C(=O)c2ccc(Cn3c(=NC(=O)c4ccc(OC)c(OC)c4)sc4ccccc43)o2)CC1. The summed E-state index contributed by atoms with van der Waals surface area (Å²) in [5.74, 6) is 1.45. The van der Waals surface area contributed by atoms with E-state index in [1.54, 1.807) is 31.4 Å². The Morgan fingerprint density at radius 2 is 1.74 bits per heavy atom. The van der Waals surface area contributed by atoms with E-state index in [-0.39, 0.29) is 5.91 Å². The standard InChI is InChI=1S/C28H30N4O5S/c1-4-30-13-15-31(16-14-30)27(34)23-12-10-20(37-23)18-32-21-7-5-6-8-25(21)38-28(32)29-26(33)19-9-11-22(35-2)24(17-19)36-3/h5-12,17H,4,13-16,18H2,1-3H3.